The van der Waals surface area contributed by atoms with Gasteiger partial charge in [0.15, 0.2) is 17.2 Å². The van der Waals surface area contributed by atoms with Crippen LogP contribution in [0.4, 0.5) is 17.5 Å². The van der Waals surface area contributed by atoms with Gasteiger partial charge in [-0.3, -0.25) is 4.90 Å². The molecular formula is C24H24ClN9O. The minimum Gasteiger partial charge on any atom is -0.378 e. The van der Waals surface area contributed by atoms with Crippen molar-refractivity contribution in [3.8, 4) is 12.1 Å². The number of nitrogens with zero attached hydrogens (tertiary/aromatic N) is 7. The molecule has 10 nitrogen and oxygen atoms in total. The van der Waals surface area contributed by atoms with E-state index in [4.69, 9.17) is 17.7 Å². The molecule has 0 unspecified atom stereocenters. The van der Waals surface area contributed by atoms with E-state index in [0.717, 1.165) is 44.3 Å². The average Bonchev–Trinajstić information content (AvgIpc) is 3.59. The summed E-state index contributed by atoms with van der Waals surface area (Å²) in [4.78, 5) is 11.1. The summed E-state index contributed by atoms with van der Waals surface area (Å²) in [5.41, 5.74) is 2.70. The summed E-state index contributed by atoms with van der Waals surface area (Å²) in [6.07, 6.45) is 5.26. The lowest BCUT2D eigenvalue weighted by molar-refractivity contribution is -0.0712. The van der Waals surface area contributed by atoms with E-state index in [0.29, 0.717) is 52.7 Å². The lowest BCUT2D eigenvalue weighted by Gasteiger charge is -2.41. The molecule has 2 saturated heterocycles. The Morgan fingerprint density at radius 1 is 1.14 bits per heavy atom. The van der Waals surface area contributed by atoms with Crippen LogP contribution in [-0.2, 0) is 4.74 Å². The zero-order chi connectivity index (χ0) is 24.9. The Morgan fingerprint density at radius 3 is 2.60 bits per heavy atom. The standard InChI is InChI=1S/C24H24ClN9O/c25-21-19(15-3-5-33(6-4-15)18-12-35-13-18)7-14(9-26)8-20(21)30-24-31-22(29-16-1-2-16)23-28-11-17(10-27)34(23)32-24/h7-8,11,15-16,18H,1-6,12-13H2,(H2,29,30,31,32)/i18D. The van der Waals surface area contributed by atoms with Crippen molar-refractivity contribution in [1.82, 2.24) is 24.5 Å². The van der Waals surface area contributed by atoms with Gasteiger partial charge >= 0.3 is 0 Å². The first kappa shape index (κ1) is 20.9. The molecule has 3 aliphatic rings. The number of fused-ring (bicyclic) bond motifs is 1. The first-order valence-corrected chi connectivity index (χ1v) is 12.1. The molecular weight excluding hydrogens is 466 g/mol. The summed E-state index contributed by atoms with van der Waals surface area (Å²) in [7, 11) is 0. The van der Waals surface area contributed by atoms with E-state index in [2.05, 4.69) is 42.7 Å². The molecule has 0 radical (unpaired) electrons. The average molecular weight is 491 g/mol. The van der Waals surface area contributed by atoms with Crippen LogP contribution in [0.2, 0.25) is 5.02 Å². The van der Waals surface area contributed by atoms with Crippen molar-refractivity contribution in [3.63, 3.8) is 0 Å². The number of rotatable bonds is 6. The van der Waals surface area contributed by atoms with Crippen molar-refractivity contribution in [2.75, 3.05) is 36.9 Å². The minimum atomic E-state index is -0.617. The molecule has 2 aromatic heterocycles. The summed E-state index contributed by atoms with van der Waals surface area (Å²) in [6, 6.07) is 7.59. The number of benzene rings is 1. The predicted octanol–water partition coefficient (Wildman–Crippen LogP) is 3.42. The van der Waals surface area contributed by atoms with E-state index in [1.165, 1.54) is 10.7 Å². The van der Waals surface area contributed by atoms with Gasteiger partial charge in [0, 0.05) is 6.04 Å². The second kappa shape index (κ2) is 8.97. The number of halogens is 1. The van der Waals surface area contributed by atoms with Crippen LogP contribution in [0.5, 0.6) is 0 Å². The van der Waals surface area contributed by atoms with Crippen LogP contribution in [-0.4, -0.2) is 62.8 Å². The summed E-state index contributed by atoms with van der Waals surface area (Å²) in [6.45, 7) is 2.45. The molecule has 2 N–H and O–H groups in total. The number of nitriles is 2. The van der Waals surface area contributed by atoms with E-state index < -0.39 is 6.02 Å². The molecule has 0 spiro atoms. The quantitative estimate of drug-likeness (QED) is 0.534. The van der Waals surface area contributed by atoms with E-state index in [9.17, 15) is 10.5 Å². The summed E-state index contributed by atoms with van der Waals surface area (Å²) in [5, 5.41) is 30.7. The third-order valence-electron chi connectivity index (χ3n) is 6.79. The molecule has 178 valence electrons. The molecule has 3 fully saturated rings. The smallest absolute Gasteiger partial charge is 0.247 e. The van der Waals surface area contributed by atoms with Gasteiger partial charge in [0.25, 0.3) is 0 Å². The molecule has 1 saturated carbocycles. The van der Waals surface area contributed by atoms with Crippen molar-refractivity contribution in [2.45, 2.75) is 43.7 Å². The second-order valence-corrected chi connectivity index (χ2v) is 9.56. The SMILES string of the molecule is [2H]C1(N2CCC(c3cc(C#N)cc(Nc4nc(NC5CC5)c5ncc(C#N)n5n4)c3Cl)CC2)COC1. The number of ether oxygens (including phenoxy) is 1. The van der Waals surface area contributed by atoms with Crippen LogP contribution < -0.4 is 10.6 Å². The van der Waals surface area contributed by atoms with Crippen LogP contribution in [0.3, 0.4) is 0 Å². The topological polar surface area (TPSA) is 127 Å². The highest BCUT2D eigenvalue weighted by atomic mass is 35.5. The second-order valence-electron chi connectivity index (χ2n) is 9.18. The Labute approximate surface area is 208 Å². The Morgan fingerprint density at radius 2 is 1.94 bits per heavy atom. The van der Waals surface area contributed by atoms with Gasteiger partial charge in [-0.05, 0) is 62.4 Å². The maximum atomic E-state index is 9.70. The highest BCUT2D eigenvalue weighted by Gasteiger charge is 2.31. The van der Waals surface area contributed by atoms with Crippen LogP contribution >= 0.6 is 11.6 Å². The van der Waals surface area contributed by atoms with E-state index >= 15 is 0 Å². The Kier molecular flexibility index (Phi) is 5.35. The predicted molar refractivity (Wildman–Crippen MR) is 130 cm³/mol. The monoisotopic (exact) mass is 490 g/mol. The number of hydrogen-bond donors (Lipinski definition) is 2. The molecule has 2 aliphatic heterocycles. The zero-order valence-corrected chi connectivity index (χ0v) is 19.7. The normalized spacial score (nSPS) is 20.5. The van der Waals surface area contributed by atoms with E-state index in [-0.39, 0.29) is 11.9 Å². The number of nitrogens with one attached hydrogen (secondary N) is 2. The lowest BCUT2D eigenvalue weighted by Crippen LogP contribution is -2.51. The number of imidazole rings is 1. The third kappa shape index (κ3) is 4.25. The third-order valence-corrected chi connectivity index (χ3v) is 7.21. The number of anilines is 3. The maximum absolute atomic E-state index is 9.70. The van der Waals surface area contributed by atoms with Gasteiger partial charge in [-0.25, -0.2) is 4.98 Å². The highest BCUT2D eigenvalue weighted by molar-refractivity contribution is 6.34. The van der Waals surface area contributed by atoms with Crippen molar-refractivity contribution in [3.05, 3.63) is 40.2 Å². The van der Waals surface area contributed by atoms with Crippen LogP contribution in [0.1, 0.15) is 49.8 Å². The summed E-state index contributed by atoms with van der Waals surface area (Å²) < 4.78 is 15.2. The van der Waals surface area contributed by atoms with Gasteiger partial charge in [-0.2, -0.15) is 20.0 Å². The Balaban J connectivity index is 1.30. The first-order valence-electron chi connectivity index (χ1n) is 12.2. The van der Waals surface area contributed by atoms with Crippen LogP contribution in [0.25, 0.3) is 5.65 Å². The zero-order valence-electron chi connectivity index (χ0n) is 20.0. The minimum absolute atomic E-state index is 0.168. The molecule has 0 bridgehead atoms. The fourth-order valence-electron chi connectivity index (χ4n) is 4.63. The van der Waals surface area contributed by atoms with Crippen molar-refractivity contribution < 1.29 is 6.11 Å². The maximum Gasteiger partial charge on any atom is 0.247 e. The number of hydrogen-bond acceptors (Lipinski definition) is 9. The largest absolute Gasteiger partial charge is 0.378 e. The van der Waals surface area contributed by atoms with Gasteiger partial charge in [0.1, 0.15) is 6.07 Å². The van der Waals surface area contributed by atoms with Gasteiger partial charge in [-0.15, -0.1) is 5.10 Å². The first-order chi connectivity index (χ1) is 17.5. The van der Waals surface area contributed by atoms with E-state index in [1.807, 2.05) is 6.07 Å². The molecule has 11 heteroatoms. The molecule has 35 heavy (non-hydrogen) atoms. The van der Waals surface area contributed by atoms with Crippen molar-refractivity contribution in [1.29, 1.82) is 10.5 Å². The fourth-order valence-corrected chi connectivity index (χ4v) is 4.94. The molecule has 3 aromatic rings. The Bertz CT molecular complexity index is 1410. The number of aromatic nitrogens is 4. The molecule has 0 amide bonds. The Hall–Kier alpha value is -3.44. The molecule has 6 rings (SSSR count). The molecule has 0 atom stereocenters. The van der Waals surface area contributed by atoms with Crippen LogP contribution in [0.15, 0.2) is 18.3 Å². The van der Waals surface area contributed by atoms with Crippen LogP contribution in [0, 0.1) is 22.7 Å². The molecule has 1 aromatic carbocycles. The molecule has 1 aliphatic carbocycles. The van der Waals surface area contributed by atoms with Gasteiger partial charge in [0.05, 0.1) is 49.1 Å². The van der Waals surface area contributed by atoms with E-state index in [1.54, 1.807) is 6.07 Å². The van der Waals surface area contributed by atoms with Crippen molar-refractivity contribution >= 4 is 34.7 Å². The highest BCUT2D eigenvalue weighted by Crippen LogP contribution is 2.39. The van der Waals surface area contributed by atoms with Gasteiger partial charge in [0.2, 0.25) is 5.95 Å². The lowest BCUT2D eigenvalue weighted by atomic mass is 9.87. The number of piperidine rings is 1. The fraction of sp³-hybridized carbons (Fsp3) is 0.458. The number of likely N-dealkylation sites (tertiary alicyclic amines) is 1. The van der Waals surface area contributed by atoms with Gasteiger partial charge in [-0.1, -0.05) is 11.6 Å². The van der Waals surface area contributed by atoms with Crippen molar-refractivity contribution in [2.24, 2.45) is 0 Å². The molecule has 4 heterocycles. The summed E-state index contributed by atoms with van der Waals surface area (Å²) in [5.74, 6) is 0.960. The summed E-state index contributed by atoms with van der Waals surface area (Å²) >= 11 is 6.89. The van der Waals surface area contributed by atoms with Gasteiger partial charge < -0.3 is 15.4 Å².